The zero-order valence-corrected chi connectivity index (χ0v) is 14.0. The molecule has 0 atom stereocenters. The molecule has 1 aliphatic rings. The summed E-state index contributed by atoms with van der Waals surface area (Å²) in [5, 5.41) is 9.86. The summed E-state index contributed by atoms with van der Waals surface area (Å²) in [4.78, 5) is 24.1. The summed E-state index contributed by atoms with van der Waals surface area (Å²) in [6.07, 6.45) is 1.54. The molecule has 7 heteroatoms. The van der Waals surface area contributed by atoms with Gasteiger partial charge in [-0.3, -0.25) is 9.59 Å². The van der Waals surface area contributed by atoms with Crippen LogP contribution in [0.1, 0.15) is 16.1 Å². The van der Waals surface area contributed by atoms with Crippen LogP contribution >= 0.6 is 0 Å². The zero-order chi connectivity index (χ0) is 18.1. The van der Waals surface area contributed by atoms with Crippen LogP contribution in [0.4, 0.5) is 11.4 Å². The number of carbonyl (C=O) groups is 2. The number of amides is 2. The molecule has 1 aliphatic heterocycles. The average molecular weight is 348 g/mol. The monoisotopic (exact) mass is 348 g/mol. The summed E-state index contributed by atoms with van der Waals surface area (Å²) in [6, 6.07) is 14.7. The minimum atomic E-state index is -0.271. The number of anilines is 2. The molecule has 4 rings (SSSR count). The van der Waals surface area contributed by atoms with Crippen LogP contribution in [0.3, 0.4) is 0 Å². The second kappa shape index (κ2) is 6.36. The predicted octanol–water partition coefficient (Wildman–Crippen LogP) is 2.76. The maximum Gasteiger partial charge on any atom is 0.262 e. The number of carbonyl (C=O) groups excluding carboxylic acids is 2. The molecule has 0 unspecified atom stereocenters. The van der Waals surface area contributed by atoms with Gasteiger partial charge in [0.1, 0.15) is 5.75 Å². The van der Waals surface area contributed by atoms with Crippen molar-refractivity contribution in [1.29, 1.82) is 0 Å². The van der Waals surface area contributed by atoms with Crippen molar-refractivity contribution in [3.8, 4) is 11.4 Å². The van der Waals surface area contributed by atoms with Crippen LogP contribution in [0.15, 0.2) is 54.7 Å². The Kier molecular flexibility index (Phi) is 3.89. The molecule has 3 aromatic rings. The second-order valence-corrected chi connectivity index (χ2v) is 5.89. The maximum atomic E-state index is 12.6. The highest BCUT2D eigenvalue weighted by molar-refractivity contribution is 6.05. The van der Waals surface area contributed by atoms with Gasteiger partial charge in [0.2, 0.25) is 0 Å². The Balaban J connectivity index is 1.57. The summed E-state index contributed by atoms with van der Waals surface area (Å²) in [5.74, 6) is 0.0873. The Morgan fingerprint density at radius 2 is 2.04 bits per heavy atom. The SMILES string of the molecule is Cc1c(C(=O)Nc2ccc3c(c2)NC(=O)CO3)cnn1-c1ccccc1. The smallest absolute Gasteiger partial charge is 0.262 e. The van der Waals surface area contributed by atoms with E-state index in [9.17, 15) is 9.59 Å². The highest BCUT2D eigenvalue weighted by Crippen LogP contribution is 2.30. The highest BCUT2D eigenvalue weighted by Gasteiger charge is 2.18. The van der Waals surface area contributed by atoms with Gasteiger partial charge in [-0.1, -0.05) is 18.2 Å². The number of para-hydroxylation sites is 1. The van der Waals surface area contributed by atoms with E-state index in [1.54, 1.807) is 29.1 Å². The van der Waals surface area contributed by atoms with Gasteiger partial charge in [-0.25, -0.2) is 4.68 Å². The summed E-state index contributed by atoms with van der Waals surface area (Å²) >= 11 is 0. The number of rotatable bonds is 3. The lowest BCUT2D eigenvalue weighted by Gasteiger charge is -2.18. The van der Waals surface area contributed by atoms with Gasteiger partial charge in [0, 0.05) is 5.69 Å². The molecule has 0 aliphatic carbocycles. The van der Waals surface area contributed by atoms with Crippen LogP contribution in [0.5, 0.6) is 5.75 Å². The Labute approximate surface area is 149 Å². The minimum absolute atomic E-state index is 0.00340. The highest BCUT2D eigenvalue weighted by atomic mass is 16.5. The van der Waals surface area contributed by atoms with E-state index in [4.69, 9.17) is 4.74 Å². The fraction of sp³-hybridized carbons (Fsp3) is 0.105. The van der Waals surface area contributed by atoms with E-state index < -0.39 is 0 Å². The molecule has 0 spiro atoms. The third kappa shape index (κ3) is 2.90. The summed E-state index contributed by atoms with van der Waals surface area (Å²) in [6.45, 7) is 1.84. The van der Waals surface area contributed by atoms with E-state index in [0.29, 0.717) is 22.7 Å². The van der Waals surface area contributed by atoms with Crippen LogP contribution in [0, 0.1) is 6.92 Å². The molecule has 2 heterocycles. The Morgan fingerprint density at radius 1 is 1.23 bits per heavy atom. The zero-order valence-electron chi connectivity index (χ0n) is 14.0. The molecule has 26 heavy (non-hydrogen) atoms. The first-order valence-corrected chi connectivity index (χ1v) is 8.10. The predicted molar refractivity (Wildman–Crippen MR) is 96.8 cm³/mol. The molecule has 1 aromatic heterocycles. The summed E-state index contributed by atoms with van der Waals surface area (Å²) < 4.78 is 7.03. The lowest BCUT2D eigenvalue weighted by molar-refractivity contribution is -0.118. The topological polar surface area (TPSA) is 85.2 Å². The van der Waals surface area contributed by atoms with Gasteiger partial charge in [-0.05, 0) is 37.3 Å². The Morgan fingerprint density at radius 3 is 2.85 bits per heavy atom. The van der Waals surface area contributed by atoms with Crippen molar-refractivity contribution in [3.05, 3.63) is 66.0 Å². The van der Waals surface area contributed by atoms with Crippen molar-refractivity contribution in [2.24, 2.45) is 0 Å². The molecule has 2 amide bonds. The standard InChI is InChI=1S/C19H16N4O3/c1-12-15(10-20-23(12)14-5-3-2-4-6-14)19(25)21-13-7-8-17-16(9-13)22-18(24)11-26-17/h2-10H,11H2,1H3,(H,21,25)(H,22,24). The quantitative estimate of drug-likeness (QED) is 0.762. The number of nitrogens with zero attached hydrogens (tertiary/aromatic N) is 2. The van der Waals surface area contributed by atoms with Crippen molar-refractivity contribution in [2.75, 3.05) is 17.2 Å². The number of hydrogen-bond acceptors (Lipinski definition) is 4. The van der Waals surface area contributed by atoms with Crippen molar-refractivity contribution >= 4 is 23.2 Å². The maximum absolute atomic E-state index is 12.6. The lowest BCUT2D eigenvalue weighted by atomic mass is 10.2. The Hall–Kier alpha value is -3.61. The number of benzene rings is 2. The normalized spacial score (nSPS) is 12.7. The molecule has 2 N–H and O–H groups in total. The molecule has 0 radical (unpaired) electrons. The van der Waals surface area contributed by atoms with Crippen molar-refractivity contribution in [1.82, 2.24) is 9.78 Å². The molecule has 2 aromatic carbocycles. The van der Waals surface area contributed by atoms with Gasteiger partial charge in [0.25, 0.3) is 11.8 Å². The largest absolute Gasteiger partial charge is 0.482 e. The Bertz CT molecular complexity index is 995. The molecule has 0 fully saturated rings. The fourth-order valence-corrected chi connectivity index (χ4v) is 2.82. The van der Waals surface area contributed by atoms with Gasteiger partial charge in [0.05, 0.1) is 28.8 Å². The van der Waals surface area contributed by atoms with E-state index in [-0.39, 0.29) is 18.4 Å². The molecular weight excluding hydrogens is 332 g/mol. The van der Waals surface area contributed by atoms with E-state index in [1.807, 2.05) is 37.3 Å². The molecule has 7 nitrogen and oxygen atoms in total. The van der Waals surface area contributed by atoms with Gasteiger partial charge in [0.15, 0.2) is 6.61 Å². The van der Waals surface area contributed by atoms with E-state index in [2.05, 4.69) is 15.7 Å². The third-order valence-corrected chi connectivity index (χ3v) is 4.13. The molecule has 0 bridgehead atoms. The number of ether oxygens (including phenoxy) is 1. The first kappa shape index (κ1) is 15.9. The van der Waals surface area contributed by atoms with Crippen LogP contribution in [-0.4, -0.2) is 28.2 Å². The summed E-state index contributed by atoms with van der Waals surface area (Å²) in [7, 11) is 0. The van der Waals surface area contributed by atoms with E-state index in [1.165, 1.54) is 0 Å². The molecule has 0 saturated carbocycles. The van der Waals surface area contributed by atoms with Crippen LogP contribution < -0.4 is 15.4 Å². The fourth-order valence-electron chi connectivity index (χ4n) is 2.82. The van der Waals surface area contributed by atoms with E-state index >= 15 is 0 Å². The first-order valence-electron chi connectivity index (χ1n) is 8.10. The average Bonchev–Trinajstić information content (AvgIpc) is 3.03. The number of nitrogens with one attached hydrogen (secondary N) is 2. The van der Waals surface area contributed by atoms with Crippen LogP contribution in [0.25, 0.3) is 5.69 Å². The number of hydrogen-bond donors (Lipinski definition) is 2. The van der Waals surface area contributed by atoms with Crippen molar-refractivity contribution in [3.63, 3.8) is 0 Å². The first-order chi connectivity index (χ1) is 12.6. The minimum Gasteiger partial charge on any atom is -0.482 e. The van der Waals surface area contributed by atoms with Crippen molar-refractivity contribution < 1.29 is 14.3 Å². The lowest BCUT2D eigenvalue weighted by Crippen LogP contribution is -2.25. The van der Waals surface area contributed by atoms with Crippen LogP contribution in [0.2, 0.25) is 0 Å². The summed E-state index contributed by atoms with van der Waals surface area (Å²) in [5.41, 5.74) is 3.20. The van der Waals surface area contributed by atoms with E-state index in [0.717, 1.165) is 11.4 Å². The molecule has 0 saturated heterocycles. The molecular formula is C19H16N4O3. The molecule has 130 valence electrons. The second-order valence-electron chi connectivity index (χ2n) is 5.89. The van der Waals surface area contributed by atoms with Gasteiger partial charge >= 0.3 is 0 Å². The number of fused-ring (bicyclic) bond motifs is 1. The van der Waals surface area contributed by atoms with Gasteiger partial charge in [-0.15, -0.1) is 0 Å². The van der Waals surface area contributed by atoms with Gasteiger partial charge < -0.3 is 15.4 Å². The third-order valence-electron chi connectivity index (χ3n) is 4.13. The van der Waals surface area contributed by atoms with Gasteiger partial charge in [-0.2, -0.15) is 5.10 Å². The van der Waals surface area contributed by atoms with Crippen molar-refractivity contribution in [2.45, 2.75) is 6.92 Å². The van der Waals surface area contributed by atoms with Crippen LogP contribution in [-0.2, 0) is 4.79 Å². The number of aromatic nitrogens is 2.